The van der Waals surface area contributed by atoms with Crippen molar-refractivity contribution in [2.24, 2.45) is 0 Å². The van der Waals surface area contributed by atoms with Gasteiger partial charge in [-0.2, -0.15) is 5.10 Å². The van der Waals surface area contributed by atoms with Gasteiger partial charge in [0, 0.05) is 16.6 Å². The zero-order valence-corrected chi connectivity index (χ0v) is 13.2. The lowest BCUT2D eigenvalue weighted by Gasteiger charge is -2.24. The molecule has 3 rings (SSSR count). The van der Waals surface area contributed by atoms with Crippen molar-refractivity contribution in [2.45, 2.75) is 38.1 Å². The molecular formula is C14H15Cl2N3S. The van der Waals surface area contributed by atoms with E-state index in [4.69, 9.17) is 35.4 Å². The molecule has 20 heavy (non-hydrogen) atoms. The zero-order chi connectivity index (χ0) is 14.1. The van der Waals surface area contributed by atoms with Crippen molar-refractivity contribution in [3.05, 3.63) is 33.0 Å². The van der Waals surface area contributed by atoms with Crippen LogP contribution in [-0.4, -0.2) is 14.8 Å². The van der Waals surface area contributed by atoms with Crippen molar-refractivity contribution < 1.29 is 0 Å². The number of nitrogens with zero attached hydrogens (tertiary/aromatic N) is 2. The Morgan fingerprint density at radius 1 is 1.20 bits per heavy atom. The Morgan fingerprint density at radius 2 is 1.95 bits per heavy atom. The molecule has 1 aromatic carbocycles. The van der Waals surface area contributed by atoms with Crippen molar-refractivity contribution in [1.29, 1.82) is 0 Å². The fourth-order valence-electron chi connectivity index (χ4n) is 2.84. The molecule has 6 heteroatoms. The first kappa shape index (κ1) is 14.1. The van der Waals surface area contributed by atoms with Crippen LogP contribution in [0.1, 0.15) is 38.1 Å². The van der Waals surface area contributed by atoms with E-state index < -0.39 is 0 Å². The Morgan fingerprint density at radius 3 is 2.65 bits per heavy atom. The smallest absolute Gasteiger partial charge is 0.195 e. The van der Waals surface area contributed by atoms with Crippen molar-refractivity contribution in [3.63, 3.8) is 0 Å². The van der Waals surface area contributed by atoms with E-state index in [9.17, 15) is 0 Å². The Hall–Kier alpha value is -0.840. The van der Waals surface area contributed by atoms with Crippen LogP contribution in [0.3, 0.4) is 0 Å². The summed E-state index contributed by atoms with van der Waals surface area (Å²) in [6, 6.07) is 5.87. The van der Waals surface area contributed by atoms with E-state index in [1.165, 1.54) is 19.3 Å². The third-order valence-electron chi connectivity index (χ3n) is 3.82. The van der Waals surface area contributed by atoms with Crippen LogP contribution in [-0.2, 0) is 0 Å². The third-order valence-corrected chi connectivity index (χ3v) is 4.65. The summed E-state index contributed by atoms with van der Waals surface area (Å²) < 4.78 is 2.78. The number of halogens is 2. The van der Waals surface area contributed by atoms with Crippen molar-refractivity contribution in [3.8, 4) is 11.4 Å². The predicted molar refractivity (Wildman–Crippen MR) is 85.0 cm³/mol. The van der Waals surface area contributed by atoms with E-state index >= 15 is 0 Å². The number of nitrogens with one attached hydrogen (secondary N) is 1. The van der Waals surface area contributed by atoms with Crippen LogP contribution < -0.4 is 0 Å². The van der Waals surface area contributed by atoms with Crippen molar-refractivity contribution in [1.82, 2.24) is 14.8 Å². The van der Waals surface area contributed by atoms with Crippen LogP contribution >= 0.6 is 35.4 Å². The van der Waals surface area contributed by atoms with Crippen LogP contribution in [0.15, 0.2) is 18.2 Å². The summed E-state index contributed by atoms with van der Waals surface area (Å²) >= 11 is 17.7. The molecule has 0 unspecified atom stereocenters. The largest absolute Gasteiger partial charge is 0.297 e. The monoisotopic (exact) mass is 327 g/mol. The topological polar surface area (TPSA) is 33.6 Å². The molecule has 0 atom stereocenters. The number of rotatable bonds is 2. The van der Waals surface area contributed by atoms with Gasteiger partial charge in [-0.25, -0.2) is 0 Å². The summed E-state index contributed by atoms with van der Waals surface area (Å²) in [4.78, 5) is 0. The molecule has 1 N–H and O–H groups in total. The number of aromatic nitrogens is 3. The number of hydrogen-bond donors (Lipinski definition) is 1. The average Bonchev–Trinajstić information content (AvgIpc) is 2.81. The highest BCUT2D eigenvalue weighted by molar-refractivity contribution is 7.71. The van der Waals surface area contributed by atoms with E-state index in [1.807, 2.05) is 12.1 Å². The molecule has 0 amide bonds. The van der Waals surface area contributed by atoms with Gasteiger partial charge in [-0.1, -0.05) is 42.5 Å². The molecule has 0 radical (unpaired) electrons. The first-order chi connectivity index (χ1) is 9.66. The van der Waals surface area contributed by atoms with Gasteiger partial charge in [0.2, 0.25) is 0 Å². The molecule has 1 saturated carbocycles. The van der Waals surface area contributed by atoms with Crippen LogP contribution in [0.25, 0.3) is 11.4 Å². The minimum absolute atomic E-state index is 0.414. The highest BCUT2D eigenvalue weighted by Crippen LogP contribution is 2.35. The van der Waals surface area contributed by atoms with Gasteiger partial charge in [0.25, 0.3) is 0 Å². The molecule has 1 fully saturated rings. The molecule has 3 nitrogen and oxygen atoms in total. The fraction of sp³-hybridized carbons (Fsp3) is 0.429. The summed E-state index contributed by atoms with van der Waals surface area (Å²) in [5.41, 5.74) is 0.869. The number of H-pyrrole nitrogens is 1. The van der Waals surface area contributed by atoms with Gasteiger partial charge in [0.05, 0.1) is 5.02 Å². The van der Waals surface area contributed by atoms with Crippen molar-refractivity contribution >= 4 is 35.4 Å². The lowest BCUT2D eigenvalue weighted by molar-refractivity contribution is 0.352. The minimum Gasteiger partial charge on any atom is -0.297 e. The van der Waals surface area contributed by atoms with E-state index in [1.54, 1.807) is 6.07 Å². The first-order valence-corrected chi connectivity index (χ1v) is 7.95. The van der Waals surface area contributed by atoms with Gasteiger partial charge in [-0.3, -0.25) is 9.67 Å². The maximum atomic E-state index is 6.30. The second-order valence-electron chi connectivity index (χ2n) is 5.14. The summed E-state index contributed by atoms with van der Waals surface area (Å²) in [6.07, 6.45) is 6.08. The zero-order valence-electron chi connectivity index (χ0n) is 10.9. The molecular weight excluding hydrogens is 313 g/mol. The standard InChI is InChI=1S/C14H15Cl2N3S/c15-9-6-7-11(12(16)8-9)13-17-18-14(20)19(13)10-4-2-1-3-5-10/h6-8,10H,1-5H2,(H,18,20). The molecule has 1 aliphatic carbocycles. The summed E-state index contributed by atoms with van der Waals surface area (Å²) in [5.74, 6) is 0.809. The summed E-state index contributed by atoms with van der Waals surface area (Å²) in [6.45, 7) is 0. The van der Waals surface area contributed by atoms with E-state index in [-0.39, 0.29) is 0 Å². The number of aromatic amines is 1. The highest BCUT2D eigenvalue weighted by Gasteiger charge is 2.21. The molecule has 1 aromatic heterocycles. The third kappa shape index (κ3) is 2.65. The second kappa shape index (κ2) is 5.88. The Bertz CT molecular complexity index is 671. The van der Waals surface area contributed by atoms with E-state index in [2.05, 4.69) is 14.8 Å². The van der Waals surface area contributed by atoms with Gasteiger partial charge >= 0.3 is 0 Å². The first-order valence-electron chi connectivity index (χ1n) is 6.79. The predicted octanol–water partition coefficient (Wildman–Crippen LogP) is 5.42. The molecule has 0 aliphatic heterocycles. The Balaban J connectivity index is 2.08. The molecule has 2 aromatic rings. The van der Waals surface area contributed by atoms with Crippen LogP contribution in [0.4, 0.5) is 0 Å². The Kier molecular flexibility index (Phi) is 4.15. The normalized spacial score (nSPS) is 16.5. The average molecular weight is 328 g/mol. The second-order valence-corrected chi connectivity index (χ2v) is 6.37. The summed E-state index contributed by atoms with van der Waals surface area (Å²) in [7, 11) is 0. The minimum atomic E-state index is 0.414. The lowest BCUT2D eigenvalue weighted by atomic mass is 9.95. The van der Waals surface area contributed by atoms with Crippen LogP contribution in [0, 0.1) is 4.77 Å². The van der Waals surface area contributed by atoms with Crippen LogP contribution in [0.5, 0.6) is 0 Å². The maximum Gasteiger partial charge on any atom is 0.195 e. The molecule has 1 heterocycles. The lowest BCUT2D eigenvalue weighted by Crippen LogP contribution is -2.14. The molecule has 0 bridgehead atoms. The maximum absolute atomic E-state index is 6.30. The van der Waals surface area contributed by atoms with Gasteiger partial charge < -0.3 is 0 Å². The Labute approximate surface area is 132 Å². The molecule has 106 valence electrons. The summed E-state index contributed by atoms with van der Waals surface area (Å²) in [5, 5.41) is 8.49. The van der Waals surface area contributed by atoms with Crippen molar-refractivity contribution in [2.75, 3.05) is 0 Å². The van der Waals surface area contributed by atoms with E-state index in [0.29, 0.717) is 20.9 Å². The fourth-order valence-corrected chi connectivity index (χ4v) is 3.62. The number of hydrogen-bond acceptors (Lipinski definition) is 2. The van der Waals surface area contributed by atoms with Crippen LogP contribution in [0.2, 0.25) is 10.0 Å². The molecule has 0 saturated heterocycles. The van der Waals surface area contributed by atoms with Gasteiger partial charge in [0.1, 0.15) is 0 Å². The highest BCUT2D eigenvalue weighted by atomic mass is 35.5. The van der Waals surface area contributed by atoms with Gasteiger partial charge in [0.15, 0.2) is 10.6 Å². The van der Waals surface area contributed by atoms with E-state index in [0.717, 1.165) is 24.2 Å². The quantitative estimate of drug-likeness (QED) is 0.747. The number of benzene rings is 1. The molecule has 1 aliphatic rings. The van der Waals surface area contributed by atoms with Gasteiger partial charge in [-0.05, 0) is 43.3 Å². The SMILES string of the molecule is S=c1[nH]nc(-c2ccc(Cl)cc2Cl)n1C1CCCCC1. The molecule has 0 spiro atoms. The van der Waals surface area contributed by atoms with Gasteiger partial charge in [-0.15, -0.1) is 0 Å².